The fraction of sp³-hybridized carbons (Fsp3) is 0.250. The van der Waals surface area contributed by atoms with E-state index in [4.69, 9.17) is 0 Å². The third-order valence-electron chi connectivity index (χ3n) is 4.46. The number of H-pyrrole nitrogens is 1. The Hall–Kier alpha value is -3.02. The van der Waals surface area contributed by atoms with E-state index in [0.29, 0.717) is 30.6 Å². The minimum absolute atomic E-state index is 0.0555. The Bertz CT molecular complexity index is 1010. The summed E-state index contributed by atoms with van der Waals surface area (Å²) >= 11 is 0. The molecule has 1 aromatic heterocycles. The largest absolute Gasteiger partial charge is 0.339 e. The Balaban J connectivity index is 2.00. The molecule has 1 heterocycles. The lowest BCUT2D eigenvalue weighted by atomic mass is 10.0. The fourth-order valence-electron chi connectivity index (χ4n) is 3.03. The molecule has 1 amide bonds. The number of amides is 1. The third kappa shape index (κ3) is 3.35. The van der Waals surface area contributed by atoms with Gasteiger partial charge < -0.3 is 4.90 Å². The van der Waals surface area contributed by atoms with Crippen molar-refractivity contribution >= 4 is 16.7 Å². The number of halogens is 1. The Morgan fingerprint density at radius 2 is 1.81 bits per heavy atom. The van der Waals surface area contributed by atoms with Crippen LogP contribution in [0.4, 0.5) is 4.39 Å². The second kappa shape index (κ2) is 7.47. The summed E-state index contributed by atoms with van der Waals surface area (Å²) in [6.45, 7) is 4.76. The first-order valence-corrected chi connectivity index (χ1v) is 8.59. The van der Waals surface area contributed by atoms with Gasteiger partial charge in [0.25, 0.3) is 11.5 Å². The molecule has 26 heavy (non-hydrogen) atoms. The molecule has 6 heteroatoms. The van der Waals surface area contributed by atoms with Crippen LogP contribution in [-0.4, -0.2) is 34.1 Å². The molecule has 5 nitrogen and oxygen atoms in total. The standard InChI is InChI=1S/C20H20FN3O2/c1-3-24(4-2)20(26)16-11-13(9-10-17(16)21)12-18-14-7-5-6-8-15(14)19(25)23-22-18/h5-11H,3-4,12H2,1-2H3,(H,23,25). The molecular formula is C20H20FN3O2. The van der Waals surface area contributed by atoms with E-state index >= 15 is 0 Å². The maximum atomic E-state index is 14.2. The van der Waals surface area contributed by atoms with Gasteiger partial charge in [-0.15, -0.1) is 0 Å². The SMILES string of the molecule is CCN(CC)C(=O)c1cc(Cc2n[nH]c(=O)c3ccccc23)ccc1F. The summed E-state index contributed by atoms with van der Waals surface area (Å²) in [6.07, 6.45) is 0.385. The molecule has 0 bridgehead atoms. The summed E-state index contributed by atoms with van der Waals surface area (Å²) in [5.41, 5.74) is 1.24. The highest BCUT2D eigenvalue weighted by Gasteiger charge is 2.18. The number of rotatable bonds is 5. The van der Waals surface area contributed by atoms with E-state index in [0.717, 1.165) is 10.9 Å². The lowest BCUT2D eigenvalue weighted by molar-refractivity contribution is 0.0768. The van der Waals surface area contributed by atoms with Gasteiger partial charge in [-0.05, 0) is 37.6 Å². The predicted octanol–water partition coefficient (Wildman–Crippen LogP) is 3.14. The van der Waals surface area contributed by atoms with Crippen LogP contribution in [0.25, 0.3) is 10.8 Å². The molecule has 0 saturated carbocycles. The zero-order chi connectivity index (χ0) is 18.7. The van der Waals surface area contributed by atoms with Crippen molar-refractivity contribution < 1.29 is 9.18 Å². The number of carbonyl (C=O) groups excluding carboxylic acids is 1. The van der Waals surface area contributed by atoms with Crippen molar-refractivity contribution in [2.24, 2.45) is 0 Å². The van der Waals surface area contributed by atoms with Gasteiger partial charge in [-0.3, -0.25) is 9.59 Å². The van der Waals surface area contributed by atoms with Crippen LogP contribution in [0.2, 0.25) is 0 Å². The van der Waals surface area contributed by atoms with E-state index in [1.807, 2.05) is 26.0 Å². The molecule has 0 unspecified atom stereocenters. The smallest absolute Gasteiger partial charge is 0.272 e. The molecule has 0 fully saturated rings. The first kappa shape index (κ1) is 17.8. The average molecular weight is 353 g/mol. The van der Waals surface area contributed by atoms with Gasteiger partial charge in [0.1, 0.15) is 5.82 Å². The summed E-state index contributed by atoms with van der Waals surface area (Å²) in [6, 6.07) is 11.7. The summed E-state index contributed by atoms with van der Waals surface area (Å²) in [5, 5.41) is 7.94. The molecular weight excluding hydrogens is 333 g/mol. The fourth-order valence-corrected chi connectivity index (χ4v) is 3.03. The minimum atomic E-state index is -0.537. The molecule has 1 N–H and O–H groups in total. The number of aromatic amines is 1. The summed E-state index contributed by atoms with van der Waals surface area (Å²) in [4.78, 5) is 26.0. The van der Waals surface area contributed by atoms with Crippen LogP contribution in [0.15, 0.2) is 47.3 Å². The second-order valence-electron chi connectivity index (χ2n) is 6.01. The van der Waals surface area contributed by atoms with E-state index in [1.54, 1.807) is 29.2 Å². The van der Waals surface area contributed by atoms with Crippen molar-refractivity contribution in [1.82, 2.24) is 15.1 Å². The summed E-state index contributed by atoms with van der Waals surface area (Å²) in [7, 11) is 0. The quantitative estimate of drug-likeness (QED) is 0.766. The molecule has 2 aromatic carbocycles. The average Bonchev–Trinajstić information content (AvgIpc) is 2.66. The van der Waals surface area contributed by atoms with Gasteiger partial charge >= 0.3 is 0 Å². The van der Waals surface area contributed by atoms with E-state index in [1.165, 1.54) is 6.07 Å². The zero-order valence-electron chi connectivity index (χ0n) is 14.8. The minimum Gasteiger partial charge on any atom is -0.339 e. The van der Waals surface area contributed by atoms with Crippen LogP contribution < -0.4 is 5.56 Å². The highest BCUT2D eigenvalue weighted by atomic mass is 19.1. The molecule has 3 rings (SSSR count). The predicted molar refractivity (Wildman–Crippen MR) is 98.8 cm³/mol. The number of benzene rings is 2. The van der Waals surface area contributed by atoms with Crippen LogP contribution in [0.5, 0.6) is 0 Å². The Morgan fingerprint density at radius 1 is 1.12 bits per heavy atom. The van der Waals surface area contributed by atoms with E-state index in [9.17, 15) is 14.0 Å². The van der Waals surface area contributed by atoms with E-state index in [-0.39, 0.29) is 17.0 Å². The summed E-state index contributed by atoms with van der Waals surface area (Å²) in [5.74, 6) is -0.862. The normalized spacial score (nSPS) is 10.9. The molecule has 134 valence electrons. The van der Waals surface area contributed by atoms with Crippen molar-refractivity contribution in [2.45, 2.75) is 20.3 Å². The maximum Gasteiger partial charge on any atom is 0.272 e. The number of hydrogen-bond donors (Lipinski definition) is 1. The molecule has 0 spiro atoms. The maximum absolute atomic E-state index is 14.2. The van der Waals surface area contributed by atoms with Crippen LogP contribution in [0.1, 0.15) is 35.5 Å². The van der Waals surface area contributed by atoms with Gasteiger partial charge in [-0.25, -0.2) is 9.49 Å². The number of hydrogen-bond acceptors (Lipinski definition) is 3. The van der Waals surface area contributed by atoms with Crippen molar-refractivity contribution in [3.8, 4) is 0 Å². The Morgan fingerprint density at radius 3 is 2.50 bits per heavy atom. The van der Waals surface area contributed by atoms with Crippen LogP contribution in [0, 0.1) is 5.82 Å². The van der Waals surface area contributed by atoms with Crippen molar-refractivity contribution in [2.75, 3.05) is 13.1 Å². The number of carbonyl (C=O) groups is 1. The van der Waals surface area contributed by atoms with Gasteiger partial charge in [0.05, 0.1) is 16.6 Å². The third-order valence-corrected chi connectivity index (χ3v) is 4.46. The number of nitrogens with zero attached hydrogens (tertiary/aromatic N) is 2. The molecule has 0 saturated heterocycles. The van der Waals surface area contributed by atoms with Crippen molar-refractivity contribution in [1.29, 1.82) is 0 Å². The number of nitrogens with one attached hydrogen (secondary N) is 1. The lowest BCUT2D eigenvalue weighted by Gasteiger charge is -2.19. The monoisotopic (exact) mass is 353 g/mol. The van der Waals surface area contributed by atoms with E-state index < -0.39 is 5.82 Å². The topological polar surface area (TPSA) is 66.1 Å². The van der Waals surface area contributed by atoms with Crippen molar-refractivity contribution in [3.05, 3.63) is 75.5 Å². The molecule has 0 aliphatic carbocycles. The van der Waals surface area contributed by atoms with Crippen LogP contribution in [0.3, 0.4) is 0 Å². The van der Waals surface area contributed by atoms with Gasteiger partial charge in [0.2, 0.25) is 0 Å². The lowest BCUT2D eigenvalue weighted by Crippen LogP contribution is -2.31. The first-order chi connectivity index (χ1) is 12.5. The number of fused-ring (bicyclic) bond motifs is 1. The van der Waals surface area contributed by atoms with Crippen LogP contribution >= 0.6 is 0 Å². The highest BCUT2D eigenvalue weighted by Crippen LogP contribution is 2.19. The molecule has 0 aliphatic rings. The molecule has 3 aromatic rings. The zero-order valence-corrected chi connectivity index (χ0v) is 14.8. The van der Waals surface area contributed by atoms with E-state index in [2.05, 4.69) is 10.2 Å². The molecule has 0 aliphatic heterocycles. The van der Waals surface area contributed by atoms with Crippen molar-refractivity contribution in [3.63, 3.8) is 0 Å². The van der Waals surface area contributed by atoms with Gasteiger partial charge in [0.15, 0.2) is 0 Å². The first-order valence-electron chi connectivity index (χ1n) is 8.59. The molecule has 0 atom stereocenters. The Labute approximate surface area is 150 Å². The Kier molecular flexibility index (Phi) is 5.11. The van der Waals surface area contributed by atoms with Crippen LogP contribution in [-0.2, 0) is 6.42 Å². The van der Waals surface area contributed by atoms with Gasteiger partial charge in [0, 0.05) is 24.9 Å². The van der Waals surface area contributed by atoms with Gasteiger partial charge in [-0.2, -0.15) is 5.10 Å². The number of aromatic nitrogens is 2. The highest BCUT2D eigenvalue weighted by molar-refractivity contribution is 5.94. The van der Waals surface area contributed by atoms with Gasteiger partial charge in [-0.1, -0.05) is 24.3 Å². The summed E-state index contributed by atoms with van der Waals surface area (Å²) < 4.78 is 14.2. The second-order valence-corrected chi connectivity index (χ2v) is 6.01. The molecule has 0 radical (unpaired) electrons.